The quantitative estimate of drug-likeness (QED) is 0.661. The van der Waals surface area contributed by atoms with Gasteiger partial charge in [0, 0.05) is 33.7 Å². The fourth-order valence-corrected chi connectivity index (χ4v) is 2.51. The van der Waals surface area contributed by atoms with Gasteiger partial charge in [-0.1, -0.05) is 11.6 Å². The Morgan fingerprint density at radius 2 is 2.18 bits per heavy atom. The topological polar surface area (TPSA) is 69.2 Å². The molecule has 1 aromatic carbocycles. The van der Waals surface area contributed by atoms with E-state index < -0.39 is 4.92 Å². The lowest BCUT2D eigenvalue weighted by atomic mass is 10.1. The molecule has 0 radical (unpaired) electrons. The van der Waals surface area contributed by atoms with E-state index in [2.05, 4.69) is 0 Å². The molecular weight excluding hydrogens is 260 g/mol. The molecule has 0 aliphatic rings. The molecule has 0 aliphatic heterocycles. The Morgan fingerprint density at radius 3 is 2.71 bits per heavy atom. The van der Waals surface area contributed by atoms with Crippen molar-refractivity contribution < 1.29 is 4.92 Å². The van der Waals surface area contributed by atoms with Crippen molar-refractivity contribution in [3.63, 3.8) is 0 Å². The molecule has 0 amide bonds. The van der Waals surface area contributed by atoms with Crippen molar-refractivity contribution in [2.75, 3.05) is 5.75 Å². The van der Waals surface area contributed by atoms with Crippen LogP contribution in [0.1, 0.15) is 19.4 Å². The lowest BCUT2D eigenvalue weighted by Gasteiger charge is -2.17. The zero-order valence-corrected chi connectivity index (χ0v) is 11.3. The van der Waals surface area contributed by atoms with Crippen LogP contribution < -0.4 is 5.73 Å². The Morgan fingerprint density at radius 1 is 1.53 bits per heavy atom. The van der Waals surface area contributed by atoms with Crippen molar-refractivity contribution >= 4 is 29.1 Å². The van der Waals surface area contributed by atoms with Gasteiger partial charge in [-0.05, 0) is 26.0 Å². The molecule has 0 bridgehead atoms. The monoisotopic (exact) mass is 274 g/mol. The van der Waals surface area contributed by atoms with Gasteiger partial charge < -0.3 is 5.73 Å². The number of hydrogen-bond donors (Lipinski definition) is 1. The number of rotatable bonds is 5. The third-order valence-electron chi connectivity index (χ3n) is 1.98. The van der Waals surface area contributed by atoms with Gasteiger partial charge in [-0.15, -0.1) is 0 Å². The van der Waals surface area contributed by atoms with Crippen molar-refractivity contribution in [3.05, 3.63) is 38.9 Å². The Labute approximate surface area is 110 Å². The van der Waals surface area contributed by atoms with Gasteiger partial charge in [0.15, 0.2) is 0 Å². The fourth-order valence-electron chi connectivity index (χ4n) is 1.25. The second-order valence-corrected chi connectivity index (χ2v) is 5.93. The first kappa shape index (κ1) is 14.3. The standard InChI is InChI=1S/C11H15ClN2O2S/c1-11(2,13)7-17-6-8-3-4-9(12)5-10(8)14(15)16/h3-5H,6-7,13H2,1-2H3. The summed E-state index contributed by atoms with van der Waals surface area (Å²) in [7, 11) is 0. The molecule has 17 heavy (non-hydrogen) atoms. The van der Waals surface area contributed by atoms with E-state index in [1.54, 1.807) is 23.9 Å². The summed E-state index contributed by atoms with van der Waals surface area (Å²) in [6.45, 7) is 3.85. The fraction of sp³-hybridized carbons (Fsp3) is 0.455. The average molecular weight is 275 g/mol. The molecule has 0 saturated heterocycles. The smallest absolute Gasteiger partial charge is 0.274 e. The van der Waals surface area contributed by atoms with E-state index >= 15 is 0 Å². The summed E-state index contributed by atoms with van der Waals surface area (Å²) in [5.74, 6) is 1.31. The Bertz CT molecular complexity index is 418. The number of hydrogen-bond acceptors (Lipinski definition) is 4. The highest BCUT2D eigenvalue weighted by Gasteiger charge is 2.16. The van der Waals surface area contributed by atoms with Crippen LogP contribution in [0.15, 0.2) is 18.2 Å². The SMILES string of the molecule is CC(C)(N)CSCc1ccc(Cl)cc1[N+](=O)[O-]. The first-order valence-corrected chi connectivity index (χ1v) is 6.62. The van der Waals surface area contributed by atoms with E-state index in [-0.39, 0.29) is 11.2 Å². The van der Waals surface area contributed by atoms with Gasteiger partial charge in [0.1, 0.15) is 0 Å². The largest absolute Gasteiger partial charge is 0.325 e. The van der Waals surface area contributed by atoms with Crippen molar-refractivity contribution in [1.82, 2.24) is 0 Å². The van der Waals surface area contributed by atoms with Crippen LogP contribution in [0.4, 0.5) is 5.69 Å². The van der Waals surface area contributed by atoms with Gasteiger partial charge in [-0.3, -0.25) is 10.1 Å². The van der Waals surface area contributed by atoms with Gasteiger partial charge in [0.25, 0.3) is 5.69 Å². The average Bonchev–Trinajstić information content (AvgIpc) is 2.18. The molecule has 0 spiro atoms. The van der Waals surface area contributed by atoms with Crippen molar-refractivity contribution in [1.29, 1.82) is 0 Å². The zero-order chi connectivity index (χ0) is 13.1. The molecule has 0 atom stereocenters. The van der Waals surface area contributed by atoms with Gasteiger partial charge in [-0.2, -0.15) is 11.8 Å². The van der Waals surface area contributed by atoms with E-state index in [4.69, 9.17) is 17.3 Å². The van der Waals surface area contributed by atoms with Crippen LogP contribution in [-0.4, -0.2) is 16.2 Å². The van der Waals surface area contributed by atoms with Crippen LogP contribution in [0.3, 0.4) is 0 Å². The minimum atomic E-state index is -0.407. The molecule has 0 unspecified atom stereocenters. The normalized spacial score (nSPS) is 11.5. The van der Waals surface area contributed by atoms with Crippen LogP contribution in [0.25, 0.3) is 0 Å². The number of nitrogens with two attached hydrogens (primary N) is 1. The summed E-state index contributed by atoms with van der Waals surface area (Å²) < 4.78 is 0. The Hall–Kier alpha value is -0.780. The van der Waals surface area contributed by atoms with Crippen molar-refractivity contribution in [2.45, 2.75) is 25.1 Å². The van der Waals surface area contributed by atoms with Crippen LogP contribution in [0, 0.1) is 10.1 Å². The molecule has 2 N–H and O–H groups in total. The number of nitrogens with zero attached hydrogens (tertiary/aromatic N) is 1. The van der Waals surface area contributed by atoms with E-state index in [0.29, 0.717) is 16.3 Å². The van der Waals surface area contributed by atoms with Crippen molar-refractivity contribution in [3.8, 4) is 0 Å². The minimum Gasteiger partial charge on any atom is -0.325 e. The van der Waals surface area contributed by atoms with Gasteiger partial charge in [0.2, 0.25) is 0 Å². The highest BCUT2D eigenvalue weighted by atomic mass is 35.5. The lowest BCUT2D eigenvalue weighted by molar-refractivity contribution is -0.385. The third kappa shape index (κ3) is 4.93. The summed E-state index contributed by atoms with van der Waals surface area (Å²) in [6, 6.07) is 4.74. The van der Waals surface area contributed by atoms with Crippen molar-refractivity contribution in [2.24, 2.45) is 5.73 Å². The number of nitro groups is 1. The summed E-state index contributed by atoms with van der Waals surface area (Å²) in [6.07, 6.45) is 0. The number of nitro benzene ring substituents is 1. The third-order valence-corrected chi connectivity index (χ3v) is 3.67. The lowest BCUT2D eigenvalue weighted by Crippen LogP contribution is -2.34. The molecule has 0 saturated carbocycles. The Kier molecular flexibility index (Phi) is 4.80. The predicted molar refractivity (Wildman–Crippen MR) is 72.5 cm³/mol. The minimum absolute atomic E-state index is 0.0693. The highest BCUT2D eigenvalue weighted by Crippen LogP contribution is 2.27. The molecule has 4 nitrogen and oxygen atoms in total. The maximum absolute atomic E-state index is 10.8. The first-order chi connectivity index (χ1) is 7.79. The van der Waals surface area contributed by atoms with Gasteiger partial charge >= 0.3 is 0 Å². The summed E-state index contributed by atoms with van der Waals surface area (Å²) in [5, 5.41) is 11.2. The van der Waals surface area contributed by atoms with Crippen LogP contribution in [0.2, 0.25) is 5.02 Å². The highest BCUT2D eigenvalue weighted by molar-refractivity contribution is 7.98. The molecule has 94 valence electrons. The molecule has 1 rings (SSSR count). The maximum Gasteiger partial charge on any atom is 0.274 e. The molecule has 0 aliphatic carbocycles. The number of thioether (sulfide) groups is 1. The maximum atomic E-state index is 10.8. The van der Waals surface area contributed by atoms with Gasteiger partial charge in [-0.25, -0.2) is 0 Å². The molecule has 0 aromatic heterocycles. The van der Waals surface area contributed by atoms with Crippen LogP contribution in [-0.2, 0) is 5.75 Å². The van der Waals surface area contributed by atoms with E-state index in [1.807, 2.05) is 13.8 Å². The second kappa shape index (κ2) is 5.71. The van der Waals surface area contributed by atoms with Gasteiger partial charge in [0.05, 0.1) is 4.92 Å². The van der Waals surface area contributed by atoms with Crippen LogP contribution >= 0.6 is 23.4 Å². The summed E-state index contributed by atoms with van der Waals surface area (Å²) in [5.41, 5.74) is 6.32. The molecule has 1 aromatic rings. The van der Waals surface area contributed by atoms with E-state index in [0.717, 1.165) is 5.75 Å². The number of benzene rings is 1. The number of halogens is 1. The van der Waals surface area contributed by atoms with E-state index in [9.17, 15) is 10.1 Å². The van der Waals surface area contributed by atoms with Crippen LogP contribution in [0.5, 0.6) is 0 Å². The summed E-state index contributed by atoms with van der Waals surface area (Å²) >= 11 is 7.31. The predicted octanol–water partition coefficient (Wildman–Crippen LogP) is 3.22. The zero-order valence-electron chi connectivity index (χ0n) is 9.77. The molecule has 0 fully saturated rings. The molecular formula is C11H15ClN2O2S. The molecule has 6 heteroatoms. The summed E-state index contributed by atoms with van der Waals surface area (Å²) in [4.78, 5) is 10.4. The first-order valence-electron chi connectivity index (χ1n) is 5.09. The second-order valence-electron chi connectivity index (χ2n) is 4.51. The van der Waals surface area contributed by atoms with E-state index in [1.165, 1.54) is 6.07 Å². The molecule has 0 heterocycles. The Balaban J connectivity index is 2.74.